The zero-order valence-corrected chi connectivity index (χ0v) is 14.9. The van der Waals surface area contributed by atoms with E-state index in [0.717, 1.165) is 28.7 Å². The number of nitrogens with one attached hydrogen (secondary N) is 1. The zero-order valence-electron chi connectivity index (χ0n) is 14.9. The van der Waals surface area contributed by atoms with Gasteiger partial charge in [-0.1, -0.05) is 0 Å². The van der Waals surface area contributed by atoms with Crippen molar-refractivity contribution in [2.24, 2.45) is 5.41 Å². The Bertz CT molecular complexity index is 834. The highest BCUT2D eigenvalue weighted by atomic mass is 16.5. The Morgan fingerprint density at radius 2 is 2.04 bits per heavy atom. The summed E-state index contributed by atoms with van der Waals surface area (Å²) in [5.74, 6) is -1.05. The molecule has 1 aliphatic carbocycles. The molecule has 0 aliphatic heterocycles. The predicted octanol–water partition coefficient (Wildman–Crippen LogP) is 2.50. The van der Waals surface area contributed by atoms with Crippen molar-refractivity contribution < 1.29 is 19.4 Å². The first-order valence-corrected chi connectivity index (χ1v) is 8.49. The molecular weight excluding hydrogens is 320 g/mol. The summed E-state index contributed by atoms with van der Waals surface area (Å²) in [7, 11) is 1.68. The molecule has 0 unspecified atom stereocenters. The van der Waals surface area contributed by atoms with Gasteiger partial charge in [-0.3, -0.25) is 9.59 Å². The molecule has 0 spiro atoms. The van der Waals surface area contributed by atoms with Gasteiger partial charge >= 0.3 is 5.97 Å². The summed E-state index contributed by atoms with van der Waals surface area (Å²) in [6, 6.07) is 5.63. The summed E-state index contributed by atoms with van der Waals surface area (Å²) in [5.41, 5.74) is 3.18. The molecule has 1 fully saturated rings. The van der Waals surface area contributed by atoms with Crippen LogP contribution in [0.25, 0.3) is 10.9 Å². The number of hydrogen-bond donors (Lipinski definition) is 2. The number of methoxy groups -OCH3 is 1. The number of carbonyl (C=O) groups is 2. The van der Waals surface area contributed by atoms with Crippen LogP contribution in [-0.4, -0.2) is 41.8 Å². The van der Waals surface area contributed by atoms with Crippen molar-refractivity contribution in [1.82, 2.24) is 9.88 Å². The minimum atomic E-state index is -0.829. The summed E-state index contributed by atoms with van der Waals surface area (Å²) in [4.78, 5) is 23.6. The van der Waals surface area contributed by atoms with Crippen molar-refractivity contribution in [3.8, 4) is 0 Å². The Hall–Kier alpha value is -2.34. The first-order chi connectivity index (χ1) is 11.9. The van der Waals surface area contributed by atoms with Gasteiger partial charge < -0.3 is 19.7 Å². The van der Waals surface area contributed by atoms with Crippen LogP contribution in [0, 0.1) is 19.3 Å². The molecule has 6 heteroatoms. The van der Waals surface area contributed by atoms with Gasteiger partial charge in [-0.25, -0.2) is 0 Å². The van der Waals surface area contributed by atoms with E-state index in [1.54, 1.807) is 13.2 Å². The highest BCUT2D eigenvalue weighted by Crippen LogP contribution is 2.45. The monoisotopic (exact) mass is 344 g/mol. The minimum absolute atomic E-state index is 0.187. The number of aryl methyl sites for hydroxylation is 1. The Kier molecular flexibility index (Phi) is 4.56. The van der Waals surface area contributed by atoms with Gasteiger partial charge in [-0.05, 0) is 50.5 Å². The SMILES string of the molecule is COCCn1c(C)c(C)c2cc(C(=O)NCC3(C(=O)O)CC3)ccc21. The first kappa shape index (κ1) is 17.5. The van der Waals surface area contributed by atoms with Crippen molar-refractivity contribution >= 4 is 22.8 Å². The van der Waals surface area contributed by atoms with E-state index < -0.39 is 11.4 Å². The van der Waals surface area contributed by atoms with Crippen molar-refractivity contribution in [2.75, 3.05) is 20.3 Å². The molecule has 134 valence electrons. The third kappa shape index (κ3) is 3.14. The van der Waals surface area contributed by atoms with E-state index in [0.29, 0.717) is 25.0 Å². The van der Waals surface area contributed by atoms with E-state index in [1.807, 2.05) is 19.1 Å². The molecule has 1 aromatic heterocycles. The maximum atomic E-state index is 12.4. The molecule has 1 amide bonds. The molecule has 0 radical (unpaired) electrons. The lowest BCUT2D eigenvalue weighted by Crippen LogP contribution is -2.34. The Morgan fingerprint density at radius 3 is 2.64 bits per heavy atom. The van der Waals surface area contributed by atoms with Gasteiger partial charge in [-0.2, -0.15) is 0 Å². The highest BCUT2D eigenvalue weighted by molar-refractivity contribution is 5.99. The fourth-order valence-electron chi connectivity index (χ4n) is 3.23. The first-order valence-electron chi connectivity index (χ1n) is 8.49. The van der Waals surface area contributed by atoms with Crippen LogP contribution in [0.2, 0.25) is 0 Å². The molecule has 25 heavy (non-hydrogen) atoms. The van der Waals surface area contributed by atoms with Crippen LogP contribution in [0.4, 0.5) is 0 Å². The normalized spacial score (nSPS) is 15.3. The lowest BCUT2D eigenvalue weighted by molar-refractivity contribution is -0.143. The van der Waals surface area contributed by atoms with Crippen LogP contribution in [0.3, 0.4) is 0 Å². The van der Waals surface area contributed by atoms with Crippen LogP contribution >= 0.6 is 0 Å². The van der Waals surface area contributed by atoms with Crippen LogP contribution < -0.4 is 5.32 Å². The van der Waals surface area contributed by atoms with Crippen LogP contribution in [0.5, 0.6) is 0 Å². The molecule has 2 aromatic rings. The summed E-state index contributed by atoms with van der Waals surface area (Å²) >= 11 is 0. The quantitative estimate of drug-likeness (QED) is 0.809. The summed E-state index contributed by atoms with van der Waals surface area (Å²) in [5, 5.41) is 13.0. The van der Waals surface area contributed by atoms with Gasteiger partial charge in [0, 0.05) is 42.4 Å². The van der Waals surface area contributed by atoms with E-state index in [9.17, 15) is 14.7 Å². The topological polar surface area (TPSA) is 80.6 Å². The molecule has 0 saturated heterocycles. The Morgan fingerprint density at radius 1 is 1.32 bits per heavy atom. The zero-order chi connectivity index (χ0) is 18.2. The van der Waals surface area contributed by atoms with Crippen molar-refractivity contribution in [3.63, 3.8) is 0 Å². The van der Waals surface area contributed by atoms with E-state index in [4.69, 9.17) is 4.74 Å². The van der Waals surface area contributed by atoms with Gasteiger partial charge in [-0.15, -0.1) is 0 Å². The number of nitrogens with zero attached hydrogens (tertiary/aromatic N) is 1. The molecule has 2 N–H and O–H groups in total. The van der Waals surface area contributed by atoms with Gasteiger partial charge in [0.15, 0.2) is 0 Å². The molecule has 0 atom stereocenters. The van der Waals surface area contributed by atoms with Crippen LogP contribution in [0.15, 0.2) is 18.2 Å². The summed E-state index contributed by atoms with van der Waals surface area (Å²) < 4.78 is 7.37. The van der Waals surface area contributed by atoms with E-state index in [2.05, 4.69) is 16.8 Å². The van der Waals surface area contributed by atoms with E-state index in [1.165, 1.54) is 0 Å². The Labute approximate surface area is 146 Å². The average Bonchev–Trinajstić information content (AvgIpc) is 3.36. The number of amides is 1. The van der Waals surface area contributed by atoms with Gasteiger partial charge in [0.1, 0.15) is 0 Å². The third-order valence-electron chi connectivity index (χ3n) is 5.31. The molecular formula is C19H24N2O4. The van der Waals surface area contributed by atoms with Gasteiger partial charge in [0.25, 0.3) is 5.91 Å². The number of rotatable bonds is 7. The van der Waals surface area contributed by atoms with E-state index in [-0.39, 0.29) is 12.5 Å². The summed E-state index contributed by atoms with van der Waals surface area (Å²) in [6.07, 6.45) is 1.25. The van der Waals surface area contributed by atoms with Gasteiger partial charge in [0.05, 0.1) is 12.0 Å². The Balaban J connectivity index is 1.82. The number of fused-ring (bicyclic) bond motifs is 1. The molecule has 1 heterocycles. The number of ether oxygens (including phenoxy) is 1. The number of aromatic nitrogens is 1. The lowest BCUT2D eigenvalue weighted by Gasteiger charge is -2.11. The highest BCUT2D eigenvalue weighted by Gasteiger charge is 2.50. The van der Waals surface area contributed by atoms with Crippen molar-refractivity contribution in [3.05, 3.63) is 35.0 Å². The predicted molar refractivity (Wildman–Crippen MR) is 94.9 cm³/mol. The summed E-state index contributed by atoms with van der Waals surface area (Å²) in [6.45, 7) is 5.69. The molecule has 6 nitrogen and oxygen atoms in total. The maximum absolute atomic E-state index is 12.4. The standard InChI is InChI=1S/C19H24N2O4/c1-12-13(2)21(8-9-25-3)16-5-4-14(10-15(12)16)17(22)20-11-19(6-7-19)18(23)24/h4-5,10H,6-9,11H2,1-3H3,(H,20,22)(H,23,24). The second-order valence-electron chi connectivity index (χ2n) is 6.85. The van der Waals surface area contributed by atoms with E-state index >= 15 is 0 Å². The molecule has 1 saturated carbocycles. The number of carboxylic acid groups (broad SMARTS) is 1. The number of benzene rings is 1. The smallest absolute Gasteiger partial charge is 0.311 e. The lowest BCUT2D eigenvalue weighted by atomic mass is 10.1. The average molecular weight is 344 g/mol. The molecule has 1 aromatic carbocycles. The largest absolute Gasteiger partial charge is 0.481 e. The van der Waals surface area contributed by atoms with Gasteiger partial charge in [0.2, 0.25) is 0 Å². The molecule has 1 aliphatic rings. The van der Waals surface area contributed by atoms with Crippen LogP contribution in [-0.2, 0) is 16.1 Å². The fourth-order valence-corrected chi connectivity index (χ4v) is 3.23. The van der Waals surface area contributed by atoms with Crippen molar-refractivity contribution in [1.29, 1.82) is 0 Å². The number of aliphatic carboxylic acids is 1. The number of carbonyl (C=O) groups excluding carboxylic acids is 1. The minimum Gasteiger partial charge on any atom is -0.481 e. The third-order valence-corrected chi connectivity index (χ3v) is 5.31. The van der Waals surface area contributed by atoms with Crippen molar-refractivity contribution in [2.45, 2.75) is 33.2 Å². The number of hydrogen-bond acceptors (Lipinski definition) is 3. The number of carboxylic acids is 1. The fraction of sp³-hybridized carbons (Fsp3) is 0.474. The van der Waals surface area contributed by atoms with Crippen LogP contribution in [0.1, 0.15) is 34.5 Å². The maximum Gasteiger partial charge on any atom is 0.311 e. The second kappa shape index (κ2) is 6.52. The molecule has 3 rings (SSSR count). The second-order valence-corrected chi connectivity index (χ2v) is 6.85. The molecule has 0 bridgehead atoms.